The van der Waals surface area contributed by atoms with E-state index in [4.69, 9.17) is 18.9 Å². The lowest BCUT2D eigenvalue weighted by atomic mass is 9.46. The van der Waals surface area contributed by atoms with E-state index in [0.717, 1.165) is 80.9 Å². The number of hydrogen-bond donors (Lipinski definition) is 0. The summed E-state index contributed by atoms with van der Waals surface area (Å²) in [5, 5.41) is 3.67. The average molecular weight is 1580 g/mol. The monoisotopic (exact) mass is 1580 g/mol. The van der Waals surface area contributed by atoms with Gasteiger partial charge in [0, 0.05) is 50.7 Å². The van der Waals surface area contributed by atoms with Crippen molar-refractivity contribution in [2.75, 3.05) is 32.2 Å². The lowest BCUT2D eigenvalue weighted by molar-refractivity contribution is 0.303. The molecule has 1 saturated carbocycles. The smallest absolute Gasteiger partial charge is 0.119 e. The third kappa shape index (κ3) is 19.6. The summed E-state index contributed by atoms with van der Waals surface area (Å²) in [7, 11) is 0. The maximum absolute atomic E-state index is 6.76. The molecule has 4 aliphatic rings. The summed E-state index contributed by atoms with van der Waals surface area (Å²) < 4.78 is 36.3. The second kappa shape index (κ2) is 41.9. The molecule has 3 aliphatic carbocycles. The van der Waals surface area contributed by atoms with Gasteiger partial charge in [0.05, 0.1) is 51.2 Å². The van der Waals surface area contributed by atoms with Gasteiger partial charge in [-0.25, -0.2) is 0 Å². The minimum atomic E-state index is -0.735. The molecule has 1 unspecified atom stereocenters. The van der Waals surface area contributed by atoms with Crippen LogP contribution < -0.4 is 37.8 Å². The van der Waals surface area contributed by atoms with Gasteiger partial charge in [0.25, 0.3) is 0 Å². The highest BCUT2D eigenvalue weighted by atomic mass is 79.9. The Hall–Kier alpha value is -4.03. The van der Waals surface area contributed by atoms with E-state index in [-0.39, 0.29) is 5.92 Å². The van der Waals surface area contributed by atoms with Crippen LogP contribution in [0.2, 0.25) is 0 Å². The number of benzene rings is 4. The van der Waals surface area contributed by atoms with Crippen molar-refractivity contribution in [2.24, 2.45) is 5.92 Å². The Morgan fingerprint density at radius 3 is 1.09 bits per heavy atom. The first-order chi connectivity index (χ1) is 50.4. The Bertz CT molecular complexity index is 3810. The van der Waals surface area contributed by atoms with E-state index in [2.05, 4.69) is 174 Å². The molecular weight excluding hydrogens is 1460 g/mol. The summed E-state index contributed by atoms with van der Waals surface area (Å²) in [6, 6.07) is 38.0. The lowest BCUT2D eigenvalue weighted by Crippen LogP contribution is -2.52. The lowest BCUT2D eigenvalue weighted by Gasteiger charge is -2.55. The van der Waals surface area contributed by atoms with Gasteiger partial charge in [-0.3, -0.25) is 0 Å². The molecule has 0 amide bonds. The number of halogens is 2. The molecule has 552 valence electrons. The van der Waals surface area contributed by atoms with Crippen LogP contribution in [0.15, 0.2) is 117 Å². The van der Waals surface area contributed by atoms with Gasteiger partial charge in [0.1, 0.15) is 23.0 Å². The van der Waals surface area contributed by atoms with Gasteiger partial charge in [-0.2, -0.15) is 0 Å². The van der Waals surface area contributed by atoms with Crippen LogP contribution in [0.1, 0.15) is 312 Å². The number of unbranched alkanes of at least 4 members (excludes halogenated alkanes) is 36. The van der Waals surface area contributed by atoms with E-state index in [1.165, 1.54) is 318 Å². The summed E-state index contributed by atoms with van der Waals surface area (Å²) in [5.74, 6) is 4.60. The van der Waals surface area contributed by atoms with E-state index in [1.54, 1.807) is 0 Å². The Kier molecular flexibility index (Phi) is 32.5. The summed E-state index contributed by atoms with van der Waals surface area (Å²) in [6.07, 6.45) is 57.6. The molecule has 0 radical (unpaired) electrons. The van der Waals surface area contributed by atoms with Crippen LogP contribution in [0.3, 0.4) is 0 Å². The van der Waals surface area contributed by atoms with Gasteiger partial charge < -0.3 is 18.9 Å². The molecule has 10 heteroatoms. The largest absolute Gasteiger partial charge is 0.494 e. The molecule has 0 saturated heterocycles. The van der Waals surface area contributed by atoms with E-state index in [0.29, 0.717) is 0 Å². The molecular formula is C92H122Br2O4S4. The van der Waals surface area contributed by atoms with E-state index >= 15 is 0 Å². The van der Waals surface area contributed by atoms with Crippen molar-refractivity contribution in [3.8, 4) is 23.0 Å². The van der Waals surface area contributed by atoms with Crippen molar-refractivity contribution in [1.82, 2.24) is 0 Å². The highest BCUT2D eigenvalue weighted by Crippen LogP contribution is 2.68. The Labute approximate surface area is 648 Å². The Morgan fingerprint density at radius 1 is 0.382 bits per heavy atom. The van der Waals surface area contributed by atoms with Gasteiger partial charge in [-0.1, -0.05) is 329 Å². The van der Waals surface area contributed by atoms with Crippen molar-refractivity contribution in [3.05, 3.63) is 159 Å². The van der Waals surface area contributed by atoms with Crippen LogP contribution in [0.5, 0.6) is 23.0 Å². The molecule has 0 spiro atoms. The first-order valence-corrected chi connectivity index (χ1v) is 46.2. The van der Waals surface area contributed by atoms with Crippen LogP contribution in [0.4, 0.5) is 0 Å². The highest BCUT2D eigenvalue weighted by Gasteiger charge is 2.63. The molecule has 4 aromatic carbocycles. The first-order valence-electron chi connectivity index (χ1n) is 41.1. The fourth-order valence-corrected chi connectivity index (χ4v) is 23.8. The van der Waals surface area contributed by atoms with Gasteiger partial charge >= 0.3 is 0 Å². The zero-order chi connectivity index (χ0) is 70.6. The maximum atomic E-state index is 6.76. The molecule has 1 aliphatic heterocycles. The van der Waals surface area contributed by atoms with Crippen molar-refractivity contribution < 1.29 is 18.9 Å². The average Bonchev–Trinajstić information content (AvgIpc) is 1.43. The number of thioether (sulfide) groups is 1. The SMILES string of the molecule is CCCCCCCCCCCCOc1ccc(C2(c3ccc(OCCCCCCCCCCCC)cc3)C3=Cc4c5c(sc4=C3C(c3ccc(OCCCCCCCCCCCC)cc3)(c3ccc(OCCCCCCCCCCCC)cc3)C3C=c4c(sc6c(Br)csc46)=C32)=C(Br)CS5)cc1. The molecule has 0 bridgehead atoms. The molecule has 7 aromatic rings. The second-order valence-corrected chi connectivity index (χ2v) is 35.8. The van der Waals surface area contributed by atoms with Crippen LogP contribution in [0, 0.1) is 5.92 Å². The quantitative estimate of drug-likeness (QED) is 0.0355. The standard InChI is InChI=1S/C92H122Br2O4S4/c1-5-9-13-17-21-25-29-33-37-41-61-95-73-53-45-69(46-54-73)91(70-47-55-74(56-48-70)96-62-42-38-34-30-26-22-18-14-10-6-2)79-65-77-86(102-90-82(94)68-99-87(77)90)84(79)92(80-66-78-85(83(80)91)101-89-81(93)67-100-88(78)89,71-49-57-75(58-50-71)97-63-43-39-35-31-27-23-19-15-11-7-3)72-51-59-76(60-52-72)98-64-44-40-36-32-28-24-20-16-12-8-4/h45-60,65-67,80H,5-44,61-64,68H2,1-4H3. The summed E-state index contributed by atoms with van der Waals surface area (Å²) in [5.41, 5.74) is 9.24. The zero-order valence-corrected chi connectivity index (χ0v) is 69.3. The van der Waals surface area contributed by atoms with Crippen LogP contribution in [-0.2, 0) is 10.8 Å². The van der Waals surface area contributed by atoms with Crippen molar-refractivity contribution >= 4 is 115 Å². The van der Waals surface area contributed by atoms with Gasteiger partial charge in [-0.15, -0.1) is 45.8 Å². The van der Waals surface area contributed by atoms with E-state index in [9.17, 15) is 0 Å². The topological polar surface area (TPSA) is 36.9 Å². The number of allylic oxidation sites excluding steroid dienone is 1. The van der Waals surface area contributed by atoms with Gasteiger partial charge in [0.15, 0.2) is 0 Å². The highest BCUT2D eigenvalue weighted by molar-refractivity contribution is 9.15. The third-order valence-electron chi connectivity index (χ3n) is 22.5. The predicted octanol–water partition coefficient (Wildman–Crippen LogP) is 27.4. The van der Waals surface area contributed by atoms with Gasteiger partial charge in [0.2, 0.25) is 0 Å². The number of fused-ring (bicyclic) bond motifs is 8. The first kappa shape index (κ1) is 79.0. The molecule has 102 heavy (non-hydrogen) atoms. The molecule has 3 aromatic heterocycles. The summed E-state index contributed by atoms with van der Waals surface area (Å²) in [4.78, 5) is 1.40. The summed E-state index contributed by atoms with van der Waals surface area (Å²) in [6.45, 7) is 12.1. The Morgan fingerprint density at radius 2 is 0.725 bits per heavy atom. The van der Waals surface area contributed by atoms with Crippen molar-refractivity contribution in [2.45, 2.75) is 300 Å². The normalized spacial score (nSPS) is 15.4. The number of hydrogen-bond acceptors (Lipinski definition) is 8. The minimum Gasteiger partial charge on any atom is -0.494 e. The minimum absolute atomic E-state index is 0.115. The van der Waals surface area contributed by atoms with Crippen molar-refractivity contribution in [3.63, 3.8) is 0 Å². The summed E-state index contributed by atoms with van der Waals surface area (Å²) >= 11 is 16.2. The Balaban J connectivity index is 0.988. The number of rotatable bonds is 52. The van der Waals surface area contributed by atoms with Crippen molar-refractivity contribution in [1.29, 1.82) is 0 Å². The van der Waals surface area contributed by atoms with Crippen LogP contribution >= 0.6 is 77.6 Å². The second-order valence-electron chi connectivity index (χ2n) is 30.1. The fraction of sp³-hybridized carbons (Fsp3) is 0.565. The number of ether oxygens (including phenoxy) is 4. The van der Waals surface area contributed by atoms with Crippen LogP contribution in [-0.4, -0.2) is 32.2 Å². The molecule has 1 atom stereocenters. The van der Waals surface area contributed by atoms with Crippen LogP contribution in [0.25, 0.3) is 37.2 Å². The number of thiophene rings is 3. The van der Waals surface area contributed by atoms with E-state index in [1.807, 2.05) is 45.8 Å². The predicted molar refractivity (Wildman–Crippen MR) is 453 cm³/mol. The van der Waals surface area contributed by atoms with Gasteiger partial charge in [-0.05, 0) is 135 Å². The molecule has 4 heterocycles. The maximum Gasteiger partial charge on any atom is 0.119 e. The molecule has 0 N–H and O–H groups in total. The molecule has 11 rings (SSSR count). The molecule has 4 nitrogen and oxygen atoms in total. The fourth-order valence-electron chi connectivity index (χ4n) is 16.9. The third-order valence-corrected chi connectivity index (χ3v) is 30.0. The molecule has 1 fully saturated rings. The van der Waals surface area contributed by atoms with E-state index < -0.39 is 10.8 Å². The zero-order valence-electron chi connectivity index (χ0n) is 62.9.